The molecule has 0 radical (unpaired) electrons. The number of carbonyl (C=O) groups is 1. The first-order valence-corrected chi connectivity index (χ1v) is 6.33. The zero-order valence-corrected chi connectivity index (χ0v) is 12.2. The summed E-state index contributed by atoms with van der Waals surface area (Å²) >= 11 is 0. The summed E-state index contributed by atoms with van der Waals surface area (Å²) in [6, 6.07) is 0. The number of anilines is 1. The highest BCUT2D eigenvalue weighted by molar-refractivity contribution is 5.80. The summed E-state index contributed by atoms with van der Waals surface area (Å²) in [6.07, 6.45) is 3.20. The normalized spacial score (nSPS) is 11.2. The molecule has 1 aromatic heterocycles. The van der Waals surface area contributed by atoms with Crippen LogP contribution in [0.4, 0.5) is 5.82 Å². The number of hydrogen-bond acceptors (Lipinski definition) is 4. The fourth-order valence-electron chi connectivity index (χ4n) is 1.53. The standard InChI is InChI=1S/C13H22N4O2/c1-6-16(5)10(18)9-15-11-12(19)17(8-7-14-11)13(2,3)4/h7-8H,6,9H2,1-5H3,(H,14,15). The van der Waals surface area contributed by atoms with Gasteiger partial charge in [-0.2, -0.15) is 0 Å². The van der Waals surface area contributed by atoms with E-state index >= 15 is 0 Å². The summed E-state index contributed by atoms with van der Waals surface area (Å²) in [5, 5.41) is 2.80. The van der Waals surface area contributed by atoms with Crippen molar-refractivity contribution in [3.8, 4) is 0 Å². The molecular formula is C13H22N4O2. The van der Waals surface area contributed by atoms with Gasteiger partial charge in [-0.25, -0.2) is 4.98 Å². The van der Waals surface area contributed by atoms with Gasteiger partial charge in [-0.15, -0.1) is 0 Å². The number of rotatable bonds is 4. The molecule has 6 nitrogen and oxygen atoms in total. The van der Waals surface area contributed by atoms with Crippen molar-refractivity contribution < 1.29 is 4.79 Å². The third-order valence-corrected chi connectivity index (χ3v) is 2.87. The second-order valence-electron chi connectivity index (χ2n) is 5.38. The van der Waals surface area contributed by atoms with E-state index in [1.165, 1.54) is 0 Å². The SMILES string of the molecule is CCN(C)C(=O)CNc1nccn(C(C)(C)C)c1=O. The highest BCUT2D eigenvalue weighted by Gasteiger charge is 2.17. The molecule has 0 aromatic carbocycles. The minimum Gasteiger partial charge on any atom is -0.356 e. The third-order valence-electron chi connectivity index (χ3n) is 2.87. The monoisotopic (exact) mass is 266 g/mol. The van der Waals surface area contributed by atoms with Gasteiger partial charge in [0.15, 0.2) is 5.82 Å². The van der Waals surface area contributed by atoms with E-state index in [9.17, 15) is 9.59 Å². The molecule has 19 heavy (non-hydrogen) atoms. The summed E-state index contributed by atoms with van der Waals surface area (Å²) in [4.78, 5) is 29.4. The van der Waals surface area contributed by atoms with Crippen molar-refractivity contribution in [2.45, 2.75) is 33.2 Å². The predicted octanol–water partition coefficient (Wildman–Crippen LogP) is 0.888. The predicted molar refractivity (Wildman–Crippen MR) is 75.3 cm³/mol. The maximum absolute atomic E-state index is 12.2. The van der Waals surface area contributed by atoms with Crippen molar-refractivity contribution in [2.24, 2.45) is 0 Å². The van der Waals surface area contributed by atoms with E-state index in [1.54, 1.807) is 28.9 Å². The summed E-state index contributed by atoms with van der Waals surface area (Å²) in [7, 11) is 1.72. The Bertz CT molecular complexity index is 502. The van der Waals surface area contributed by atoms with Gasteiger partial charge in [-0.1, -0.05) is 0 Å². The van der Waals surface area contributed by atoms with Gasteiger partial charge in [0.1, 0.15) is 0 Å². The van der Waals surface area contributed by atoms with Crippen molar-refractivity contribution in [3.63, 3.8) is 0 Å². The summed E-state index contributed by atoms with van der Waals surface area (Å²) in [6.45, 7) is 8.41. The Morgan fingerprint density at radius 1 is 1.47 bits per heavy atom. The van der Waals surface area contributed by atoms with Crippen molar-refractivity contribution in [2.75, 3.05) is 25.5 Å². The van der Waals surface area contributed by atoms with Crippen LogP contribution in [0.3, 0.4) is 0 Å². The average Bonchev–Trinajstić information content (AvgIpc) is 2.34. The summed E-state index contributed by atoms with van der Waals surface area (Å²) < 4.78 is 1.59. The van der Waals surface area contributed by atoms with Gasteiger partial charge in [0.2, 0.25) is 5.91 Å². The van der Waals surface area contributed by atoms with Crippen LogP contribution in [0.15, 0.2) is 17.2 Å². The lowest BCUT2D eigenvalue weighted by Gasteiger charge is -2.22. The molecule has 0 aliphatic carbocycles. The van der Waals surface area contributed by atoms with Crippen molar-refractivity contribution in [1.29, 1.82) is 0 Å². The fourth-order valence-corrected chi connectivity index (χ4v) is 1.53. The third kappa shape index (κ3) is 3.81. The first-order chi connectivity index (χ1) is 8.77. The van der Waals surface area contributed by atoms with Crippen LogP contribution in [-0.4, -0.2) is 40.5 Å². The maximum Gasteiger partial charge on any atom is 0.293 e. The lowest BCUT2D eigenvalue weighted by molar-refractivity contribution is -0.127. The molecule has 1 heterocycles. The molecule has 1 rings (SSSR count). The second-order valence-corrected chi connectivity index (χ2v) is 5.38. The highest BCUT2D eigenvalue weighted by atomic mass is 16.2. The number of likely N-dealkylation sites (N-methyl/N-ethyl adjacent to an activating group) is 1. The lowest BCUT2D eigenvalue weighted by Crippen LogP contribution is -2.37. The Kier molecular flexibility index (Phi) is 4.69. The molecule has 0 unspecified atom stereocenters. The molecule has 0 bridgehead atoms. The largest absolute Gasteiger partial charge is 0.356 e. The minimum atomic E-state index is -0.319. The number of hydrogen-bond donors (Lipinski definition) is 1. The van der Waals surface area contributed by atoms with Crippen LogP contribution in [0.2, 0.25) is 0 Å². The molecule has 6 heteroatoms. The molecule has 1 aromatic rings. The molecule has 0 atom stereocenters. The molecule has 1 N–H and O–H groups in total. The van der Waals surface area contributed by atoms with Crippen LogP contribution >= 0.6 is 0 Å². The molecular weight excluding hydrogens is 244 g/mol. The molecule has 106 valence electrons. The molecule has 0 fully saturated rings. The van der Waals surface area contributed by atoms with Crippen LogP contribution in [0.25, 0.3) is 0 Å². The van der Waals surface area contributed by atoms with Gasteiger partial charge >= 0.3 is 0 Å². The second kappa shape index (κ2) is 5.86. The molecule has 0 aliphatic rings. The number of nitrogens with one attached hydrogen (secondary N) is 1. The Morgan fingerprint density at radius 2 is 2.11 bits per heavy atom. The van der Waals surface area contributed by atoms with Crippen molar-refractivity contribution in [1.82, 2.24) is 14.5 Å². The molecule has 0 saturated heterocycles. The van der Waals surface area contributed by atoms with Crippen molar-refractivity contribution in [3.05, 3.63) is 22.7 Å². The Balaban J connectivity index is 2.87. The number of carbonyl (C=O) groups excluding carboxylic acids is 1. The number of nitrogens with zero attached hydrogens (tertiary/aromatic N) is 3. The van der Waals surface area contributed by atoms with E-state index in [1.807, 2.05) is 27.7 Å². The zero-order valence-electron chi connectivity index (χ0n) is 12.2. The van der Waals surface area contributed by atoms with Gasteiger partial charge in [0.05, 0.1) is 6.54 Å². The number of amides is 1. The van der Waals surface area contributed by atoms with E-state index in [2.05, 4.69) is 10.3 Å². The Morgan fingerprint density at radius 3 is 2.63 bits per heavy atom. The van der Waals surface area contributed by atoms with Gasteiger partial charge in [0, 0.05) is 31.5 Å². The van der Waals surface area contributed by atoms with E-state index in [0.29, 0.717) is 6.54 Å². The first-order valence-electron chi connectivity index (χ1n) is 6.33. The summed E-state index contributed by atoms with van der Waals surface area (Å²) in [5.41, 5.74) is -0.539. The molecule has 0 saturated carbocycles. The quantitative estimate of drug-likeness (QED) is 0.879. The van der Waals surface area contributed by atoms with E-state index in [-0.39, 0.29) is 29.4 Å². The van der Waals surface area contributed by atoms with Crippen LogP contribution in [-0.2, 0) is 10.3 Å². The van der Waals surface area contributed by atoms with E-state index in [4.69, 9.17) is 0 Å². The van der Waals surface area contributed by atoms with Gasteiger partial charge in [-0.05, 0) is 27.7 Å². The lowest BCUT2D eigenvalue weighted by atomic mass is 10.1. The fraction of sp³-hybridized carbons (Fsp3) is 0.615. The van der Waals surface area contributed by atoms with E-state index in [0.717, 1.165) is 0 Å². The van der Waals surface area contributed by atoms with Gasteiger partial charge in [0.25, 0.3) is 5.56 Å². The Labute approximate surface area is 113 Å². The van der Waals surface area contributed by atoms with Crippen LogP contribution in [0.5, 0.6) is 0 Å². The van der Waals surface area contributed by atoms with Crippen LogP contribution in [0.1, 0.15) is 27.7 Å². The molecule has 0 spiro atoms. The zero-order chi connectivity index (χ0) is 14.6. The molecule has 1 amide bonds. The maximum atomic E-state index is 12.2. The van der Waals surface area contributed by atoms with Gasteiger partial charge in [-0.3, -0.25) is 9.59 Å². The summed E-state index contributed by atoms with van der Waals surface area (Å²) in [5.74, 6) is 0.130. The molecule has 0 aliphatic heterocycles. The minimum absolute atomic E-state index is 0.0702. The smallest absolute Gasteiger partial charge is 0.293 e. The first kappa shape index (κ1) is 15.2. The van der Waals surface area contributed by atoms with Gasteiger partial charge < -0.3 is 14.8 Å². The highest BCUT2D eigenvalue weighted by Crippen LogP contribution is 2.10. The van der Waals surface area contributed by atoms with Crippen molar-refractivity contribution >= 4 is 11.7 Å². The number of aromatic nitrogens is 2. The topological polar surface area (TPSA) is 67.2 Å². The average molecular weight is 266 g/mol. The van der Waals surface area contributed by atoms with Crippen LogP contribution in [0, 0.1) is 0 Å². The van der Waals surface area contributed by atoms with Crippen LogP contribution < -0.4 is 10.9 Å². The Hall–Kier alpha value is -1.85. The van der Waals surface area contributed by atoms with E-state index < -0.39 is 0 Å².